The van der Waals surface area contributed by atoms with Crippen LogP contribution in [-0.4, -0.2) is 38.3 Å². The second-order valence-electron chi connectivity index (χ2n) is 6.98. The summed E-state index contributed by atoms with van der Waals surface area (Å²) in [5.41, 5.74) is 1.28. The largest absolute Gasteiger partial charge is 0.497 e. The van der Waals surface area contributed by atoms with E-state index in [0.717, 1.165) is 0 Å². The summed E-state index contributed by atoms with van der Waals surface area (Å²) >= 11 is 0. The molecule has 34 heavy (non-hydrogen) atoms. The summed E-state index contributed by atoms with van der Waals surface area (Å²) in [6, 6.07) is 18.5. The Morgan fingerprint density at radius 1 is 0.794 bits per heavy atom. The average molecular weight is 474 g/mol. The number of amides is 2. The number of rotatable bonds is 9. The number of methoxy groups -OCH3 is 1. The van der Waals surface area contributed by atoms with Gasteiger partial charge >= 0.3 is 6.18 Å². The highest BCUT2D eigenvalue weighted by Crippen LogP contribution is 2.21. The van der Waals surface area contributed by atoms with E-state index in [0.29, 0.717) is 28.4 Å². The first-order valence-electron chi connectivity index (χ1n) is 9.99. The van der Waals surface area contributed by atoms with Gasteiger partial charge in [-0.3, -0.25) is 9.59 Å². The van der Waals surface area contributed by atoms with Crippen LogP contribution in [0.15, 0.2) is 72.8 Å². The molecule has 10 heteroatoms. The van der Waals surface area contributed by atoms with Crippen LogP contribution in [0, 0.1) is 0 Å². The SMILES string of the molecule is COc1cccc(NC(=O)COc2ccc(C(=O)Nc3ccc(OCC(F)(F)F)cc3)cc2)c1. The maximum absolute atomic E-state index is 12.4. The Morgan fingerprint density at radius 3 is 2.09 bits per heavy atom. The number of carbonyl (C=O) groups is 2. The van der Waals surface area contributed by atoms with E-state index in [4.69, 9.17) is 9.47 Å². The number of benzene rings is 3. The molecule has 0 heterocycles. The van der Waals surface area contributed by atoms with Gasteiger partial charge in [-0.25, -0.2) is 0 Å². The molecule has 0 saturated carbocycles. The maximum Gasteiger partial charge on any atom is 0.422 e. The molecule has 0 spiro atoms. The number of alkyl halides is 3. The summed E-state index contributed by atoms with van der Waals surface area (Å²) in [5, 5.41) is 5.32. The predicted molar refractivity (Wildman–Crippen MR) is 120 cm³/mol. The lowest BCUT2D eigenvalue weighted by Gasteiger charge is -2.11. The highest BCUT2D eigenvalue weighted by atomic mass is 19.4. The van der Waals surface area contributed by atoms with Crippen molar-refractivity contribution in [3.05, 3.63) is 78.4 Å². The number of anilines is 2. The van der Waals surface area contributed by atoms with Crippen molar-refractivity contribution >= 4 is 23.2 Å². The zero-order chi connectivity index (χ0) is 24.6. The van der Waals surface area contributed by atoms with Gasteiger partial charge in [0.25, 0.3) is 11.8 Å². The van der Waals surface area contributed by atoms with E-state index in [1.807, 2.05) is 0 Å². The van der Waals surface area contributed by atoms with Gasteiger partial charge in [0.15, 0.2) is 13.2 Å². The molecule has 178 valence electrons. The molecule has 0 atom stereocenters. The summed E-state index contributed by atoms with van der Waals surface area (Å²) < 4.78 is 51.8. The summed E-state index contributed by atoms with van der Waals surface area (Å²) in [6.07, 6.45) is -4.43. The molecular formula is C24H21F3N2O5. The monoisotopic (exact) mass is 474 g/mol. The Labute approximate surface area is 193 Å². The number of nitrogens with one attached hydrogen (secondary N) is 2. The predicted octanol–water partition coefficient (Wildman–Crippen LogP) is 4.91. The quantitative estimate of drug-likeness (QED) is 0.461. The molecule has 0 aliphatic heterocycles. The van der Waals surface area contributed by atoms with Gasteiger partial charge in [-0.15, -0.1) is 0 Å². The molecule has 2 amide bonds. The van der Waals surface area contributed by atoms with Crippen LogP contribution in [-0.2, 0) is 4.79 Å². The molecule has 7 nitrogen and oxygen atoms in total. The first-order valence-corrected chi connectivity index (χ1v) is 9.99. The van der Waals surface area contributed by atoms with Crippen LogP contribution in [0.5, 0.6) is 17.2 Å². The fraction of sp³-hybridized carbons (Fsp3) is 0.167. The molecule has 0 aliphatic rings. The van der Waals surface area contributed by atoms with Crippen LogP contribution in [0.4, 0.5) is 24.5 Å². The van der Waals surface area contributed by atoms with E-state index in [9.17, 15) is 22.8 Å². The van der Waals surface area contributed by atoms with E-state index < -0.39 is 18.7 Å². The number of halogens is 3. The molecule has 0 radical (unpaired) electrons. The Balaban J connectivity index is 1.47. The molecule has 0 aromatic heterocycles. The summed E-state index contributed by atoms with van der Waals surface area (Å²) in [7, 11) is 1.53. The molecule has 3 aromatic rings. The summed E-state index contributed by atoms with van der Waals surface area (Å²) in [5.74, 6) is 0.248. The van der Waals surface area contributed by atoms with E-state index in [-0.39, 0.29) is 18.3 Å². The van der Waals surface area contributed by atoms with Crippen molar-refractivity contribution in [3.63, 3.8) is 0 Å². The van der Waals surface area contributed by atoms with Crippen LogP contribution in [0.3, 0.4) is 0 Å². The number of hydrogen-bond donors (Lipinski definition) is 2. The average Bonchev–Trinajstić information content (AvgIpc) is 2.82. The standard InChI is InChI=1S/C24H21F3N2O5/c1-32-21-4-2-3-18(13-21)28-22(30)14-33-19-9-5-16(6-10-19)23(31)29-17-7-11-20(12-8-17)34-15-24(25,26)27/h2-13H,14-15H2,1H3,(H,28,30)(H,29,31). The second-order valence-corrected chi connectivity index (χ2v) is 6.98. The lowest BCUT2D eigenvalue weighted by atomic mass is 10.2. The number of ether oxygens (including phenoxy) is 3. The molecule has 0 aliphatic carbocycles. The molecule has 2 N–H and O–H groups in total. The van der Waals surface area contributed by atoms with Crippen molar-refractivity contribution < 1.29 is 37.0 Å². The number of hydrogen-bond acceptors (Lipinski definition) is 5. The zero-order valence-corrected chi connectivity index (χ0v) is 18.0. The van der Waals surface area contributed by atoms with Gasteiger partial charge in [0.05, 0.1) is 7.11 Å². The summed E-state index contributed by atoms with van der Waals surface area (Å²) in [6.45, 7) is -1.62. The van der Waals surface area contributed by atoms with Crippen LogP contribution < -0.4 is 24.8 Å². The fourth-order valence-corrected chi connectivity index (χ4v) is 2.75. The van der Waals surface area contributed by atoms with Crippen molar-refractivity contribution in [2.75, 3.05) is 31.0 Å². The van der Waals surface area contributed by atoms with E-state index in [1.165, 1.54) is 43.5 Å². The zero-order valence-electron chi connectivity index (χ0n) is 18.0. The van der Waals surface area contributed by atoms with E-state index in [1.54, 1.807) is 36.4 Å². The third-order valence-electron chi connectivity index (χ3n) is 4.35. The van der Waals surface area contributed by atoms with Crippen LogP contribution in [0.25, 0.3) is 0 Å². The second kappa shape index (κ2) is 11.1. The Bertz CT molecular complexity index is 1120. The molecule has 0 fully saturated rings. The van der Waals surface area contributed by atoms with Crippen molar-refractivity contribution in [3.8, 4) is 17.2 Å². The molecule has 3 rings (SSSR count). The first-order chi connectivity index (χ1) is 16.2. The number of carbonyl (C=O) groups excluding carboxylic acids is 2. The minimum atomic E-state index is -4.43. The highest BCUT2D eigenvalue weighted by Gasteiger charge is 2.28. The normalized spacial score (nSPS) is 10.8. The van der Waals surface area contributed by atoms with Gasteiger partial charge in [0, 0.05) is 23.0 Å². The van der Waals surface area contributed by atoms with Gasteiger partial charge in [-0.1, -0.05) is 6.07 Å². The van der Waals surface area contributed by atoms with Gasteiger partial charge in [-0.05, 0) is 60.7 Å². The van der Waals surface area contributed by atoms with Gasteiger partial charge in [-0.2, -0.15) is 13.2 Å². The minimum absolute atomic E-state index is 0.0345. The van der Waals surface area contributed by atoms with Crippen molar-refractivity contribution in [1.29, 1.82) is 0 Å². The smallest absolute Gasteiger partial charge is 0.422 e. The molecule has 0 bridgehead atoms. The molecule has 0 saturated heterocycles. The first kappa shape index (κ1) is 24.4. The lowest BCUT2D eigenvalue weighted by molar-refractivity contribution is -0.153. The van der Waals surface area contributed by atoms with Gasteiger partial charge in [0.1, 0.15) is 17.2 Å². The van der Waals surface area contributed by atoms with Crippen LogP contribution in [0.2, 0.25) is 0 Å². The van der Waals surface area contributed by atoms with Crippen molar-refractivity contribution in [2.24, 2.45) is 0 Å². The lowest BCUT2D eigenvalue weighted by Crippen LogP contribution is -2.20. The van der Waals surface area contributed by atoms with E-state index >= 15 is 0 Å². The Kier molecular flexibility index (Phi) is 7.96. The fourth-order valence-electron chi connectivity index (χ4n) is 2.75. The molecule has 3 aromatic carbocycles. The van der Waals surface area contributed by atoms with Gasteiger partial charge in [0.2, 0.25) is 0 Å². The Hall–Kier alpha value is -4.21. The van der Waals surface area contributed by atoms with E-state index in [2.05, 4.69) is 15.4 Å². The molecular weight excluding hydrogens is 453 g/mol. The summed E-state index contributed by atoms with van der Waals surface area (Å²) in [4.78, 5) is 24.5. The van der Waals surface area contributed by atoms with Gasteiger partial charge < -0.3 is 24.8 Å². The topological polar surface area (TPSA) is 85.9 Å². The van der Waals surface area contributed by atoms with Crippen molar-refractivity contribution in [1.82, 2.24) is 0 Å². The highest BCUT2D eigenvalue weighted by molar-refractivity contribution is 6.04. The molecule has 0 unspecified atom stereocenters. The van der Waals surface area contributed by atoms with Crippen LogP contribution >= 0.6 is 0 Å². The third kappa shape index (κ3) is 7.73. The van der Waals surface area contributed by atoms with Crippen LogP contribution in [0.1, 0.15) is 10.4 Å². The minimum Gasteiger partial charge on any atom is -0.497 e. The third-order valence-corrected chi connectivity index (χ3v) is 4.35. The maximum atomic E-state index is 12.4. The van der Waals surface area contributed by atoms with Crippen molar-refractivity contribution in [2.45, 2.75) is 6.18 Å². The Morgan fingerprint density at radius 2 is 1.44 bits per heavy atom.